The van der Waals surface area contributed by atoms with Gasteiger partial charge >= 0.3 is 6.03 Å². The van der Waals surface area contributed by atoms with Gasteiger partial charge in [0.05, 0.1) is 13.2 Å². The second kappa shape index (κ2) is 8.55. The summed E-state index contributed by atoms with van der Waals surface area (Å²) < 4.78 is 5.08. The maximum absolute atomic E-state index is 12.3. The van der Waals surface area contributed by atoms with E-state index in [9.17, 15) is 14.7 Å². The van der Waals surface area contributed by atoms with E-state index in [-0.39, 0.29) is 24.5 Å². The molecule has 0 heterocycles. The first-order valence-electron chi connectivity index (χ1n) is 8.83. The molecule has 7 nitrogen and oxygen atoms in total. The number of rotatable bonds is 7. The van der Waals surface area contributed by atoms with E-state index >= 15 is 0 Å². The van der Waals surface area contributed by atoms with Crippen LogP contribution >= 0.6 is 0 Å². The highest BCUT2D eigenvalue weighted by atomic mass is 16.5. The van der Waals surface area contributed by atoms with Crippen LogP contribution < -0.4 is 20.7 Å². The number of carbonyl (C=O) groups is 2. The molecule has 1 unspecified atom stereocenters. The summed E-state index contributed by atoms with van der Waals surface area (Å²) in [4.78, 5) is 24.1. The normalized spacial score (nSPS) is 14.1. The fourth-order valence-corrected chi connectivity index (χ4v) is 2.55. The third-order valence-electron chi connectivity index (χ3n) is 4.25. The minimum atomic E-state index is -0.828. The zero-order valence-corrected chi connectivity index (χ0v) is 15.1. The molecule has 0 radical (unpaired) electrons. The first-order valence-corrected chi connectivity index (χ1v) is 8.83. The van der Waals surface area contributed by atoms with Gasteiger partial charge in [-0.05, 0) is 48.7 Å². The number of urea groups is 1. The molecule has 1 aliphatic rings. The standard InChI is InChI=1S/C20H23N3O4/c1-27-17-9-5-13(6-10-17)18(24)12-21-19(25)14-3-2-4-16(11-14)23-20(26)22-15-7-8-15/h2-6,9-11,15,18,24H,7-8,12H2,1H3,(H,21,25)(H2,22,23,26). The molecule has 7 heteroatoms. The molecule has 0 bridgehead atoms. The third kappa shape index (κ3) is 5.46. The second-order valence-corrected chi connectivity index (χ2v) is 6.45. The van der Waals surface area contributed by atoms with Crippen LogP contribution in [0.5, 0.6) is 5.75 Å². The molecule has 0 aliphatic heterocycles. The molecule has 27 heavy (non-hydrogen) atoms. The summed E-state index contributed by atoms with van der Waals surface area (Å²) in [6, 6.07) is 13.7. The first kappa shape index (κ1) is 18.7. The number of hydrogen-bond donors (Lipinski definition) is 4. The van der Waals surface area contributed by atoms with Gasteiger partial charge in [-0.15, -0.1) is 0 Å². The van der Waals surface area contributed by atoms with Crippen molar-refractivity contribution in [3.8, 4) is 5.75 Å². The Kier molecular flexibility index (Phi) is 5.93. The molecule has 1 fully saturated rings. The lowest BCUT2D eigenvalue weighted by atomic mass is 10.1. The van der Waals surface area contributed by atoms with Gasteiger partial charge < -0.3 is 25.8 Å². The number of carbonyl (C=O) groups excluding carboxylic acids is 2. The van der Waals surface area contributed by atoms with Crippen molar-refractivity contribution in [2.45, 2.75) is 25.0 Å². The minimum Gasteiger partial charge on any atom is -0.497 e. The van der Waals surface area contributed by atoms with Crippen LogP contribution in [0.4, 0.5) is 10.5 Å². The lowest BCUT2D eigenvalue weighted by Gasteiger charge is -2.13. The van der Waals surface area contributed by atoms with E-state index < -0.39 is 6.10 Å². The Morgan fingerprint density at radius 3 is 2.59 bits per heavy atom. The number of amides is 3. The fraction of sp³-hybridized carbons (Fsp3) is 0.300. The van der Waals surface area contributed by atoms with Crippen LogP contribution in [0.1, 0.15) is 34.9 Å². The van der Waals surface area contributed by atoms with E-state index in [1.54, 1.807) is 55.6 Å². The number of ether oxygens (including phenoxy) is 1. The van der Waals surface area contributed by atoms with Crippen molar-refractivity contribution in [3.05, 3.63) is 59.7 Å². The molecule has 2 aromatic carbocycles. The van der Waals surface area contributed by atoms with Gasteiger partial charge in [0.15, 0.2) is 0 Å². The lowest BCUT2D eigenvalue weighted by Crippen LogP contribution is -2.31. The van der Waals surface area contributed by atoms with Crippen LogP contribution in [-0.4, -0.2) is 36.7 Å². The van der Waals surface area contributed by atoms with E-state index in [1.165, 1.54) is 0 Å². The summed E-state index contributed by atoms with van der Waals surface area (Å²) >= 11 is 0. The summed E-state index contributed by atoms with van der Waals surface area (Å²) in [5.74, 6) is 0.374. The van der Waals surface area contributed by atoms with Crippen LogP contribution in [0.2, 0.25) is 0 Å². The van der Waals surface area contributed by atoms with Crippen molar-refractivity contribution in [1.82, 2.24) is 10.6 Å². The summed E-state index contributed by atoms with van der Waals surface area (Å²) in [5, 5.41) is 18.5. The average molecular weight is 369 g/mol. The monoisotopic (exact) mass is 369 g/mol. The Morgan fingerprint density at radius 1 is 1.19 bits per heavy atom. The lowest BCUT2D eigenvalue weighted by molar-refractivity contribution is 0.0916. The second-order valence-electron chi connectivity index (χ2n) is 6.45. The number of hydrogen-bond acceptors (Lipinski definition) is 4. The van der Waals surface area contributed by atoms with Gasteiger partial charge in [0.2, 0.25) is 0 Å². The molecule has 0 spiro atoms. The Labute approximate surface area is 157 Å². The highest BCUT2D eigenvalue weighted by molar-refractivity contribution is 5.97. The van der Waals surface area contributed by atoms with E-state index in [1.807, 2.05) is 0 Å². The smallest absolute Gasteiger partial charge is 0.319 e. The Morgan fingerprint density at radius 2 is 1.93 bits per heavy atom. The van der Waals surface area contributed by atoms with E-state index in [4.69, 9.17) is 4.74 Å². The van der Waals surface area contributed by atoms with Crippen LogP contribution in [0.25, 0.3) is 0 Å². The van der Waals surface area contributed by atoms with Crippen LogP contribution in [0.15, 0.2) is 48.5 Å². The van der Waals surface area contributed by atoms with Gasteiger partial charge in [-0.3, -0.25) is 4.79 Å². The van der Waals surface area contributed by atoms with Gasteiger partial charge in [0.1, 0.15) is 5.75 Å². The van der Waals surface area contributed by atoms with Gasteiger partial charge in [-0.1, -0.05) is 18.2 Å². The molecular weight excluding hydrogens is 346 g/mol. The number of nitrogens with one attached hydrogen (secondary N) is 3. The largest absolute Gasteiger partial charge is 0.497 e. The average Bonchev–Trinajstić information content (AvgIpc) is 3.49. The number of anilines is 1. The predicted octanol–water partition coefficient (Wildman–Crippen LogP) is 2.44. The summed E-state index contributed by atoms with van der Waals surface area (Å²) in [6.45, 7) is 0.0744. The van der Waals surface area contributed by atoms with E-state index in [2.05, 4.69) is 16.0 Å². The topological polar surface area (TPSA) is 99.7 Å². The Balaban J connectivity index is 1.53. The third-order valence-corrected chi connectivity index (χ3v) is 4.25. The number of methoxy groups -OCH3 is 1. The zero-order chi connectivity index (χ0) is 19.2. The number of aliphatic hydroxyl groups excluding tert-OH is 1. The minimum absolute atomic E-state index is 0.0744. The summed E-state index contributed by atoms with van der Waals surface area (Å²) in [7, 11) is 1.57. The maximum Gasteiger partial charge on any atom is 0.319 e. The molecule has 3 amide bonds. The number of aliphatic hydroxyl groups is 1. The first-order chi connectivity index (χ1) is 13.0. The zero-order valence-electron chi connectivity index (χ0n) is 15.1. The van der Waals surface area contributed by atoms with Gasteiger partial charge in [-0.25, -0.2) is 4.79 Å². The van der Waals surface area contributed by atoms with Crippen LogP contribution in [-0.2, 0) is 0 Å². The molecule has 4 N–H and O–H groups in total. The van der Waals surface area contributed by atoms with Gasteiger partial charge in [0, 0.05) is 23.8 Å². The maximum atomic E-state index is 12.3. The predicted molar refractivity (Wildman–Crippen MR) is 102 cm³/mol. The molecule has 0 saturated heterocycles. The summed E-state index contributed by atoms with van der Waals surface area (Å²) in [5.41, 5.74) is 1.63. The van der Waals surface area contributed by atoms with Crippen molar-refractivity contribution in [3.63, 3.8) is 0 Å². The SMILES string of the molecule is COc1ccc(C(O)CNC(=O)c2cccc(NC(=O)NC3CC3)c2)cc1. The molecule has 0 aromatic heterocycles. The van der Waals surface area contributed by atoms with Crippen molar-refractivity contribution in [2.75, 3.05) is 19.0 Å². The molecule has 2 aromatic rings. The number of benzene rings is 2. The van der Waals surface area contributed by atoms with Crippen molar-refractivity contribution in [2.24, 2.45) is 0 Å². The Hall–Kier alpha value is -3.06. The van der Waals surface area contributed by atoms with Crippen molar-refractivity contribution >= 4 is 17.6 Å². The molecule has 3 rings (SSSR count). The van der Waals surface area contributed by atoms with Crippen molar-refractivity contribution < 1.29 is 19.4 Å². The summed E-state index contributed by atoms with van der Waals surface area (Å²) in [6.07, 6.45) is 1.18. The molecule has 1 aliphatic carbocycles. The van der Waals surface area contributed by atoms with Gasteiger partial charge in [-0.2, -0.15) is 0 Å². The van der Waals surface area contributed by atoms with E-state index in [0.717, 1.165) is 12.8 Å². The highest BCUT2D eigenvalue weighted by Gasteiger charge is 2.23. The quantitative estimate of drug-likeness (QED) is 0.602. The van der Waals surface area contributed by atoms with E-state index in [0.29, 0.717) is 22.6 Å². The molecule has 1 atom stereocenters. The molecular formula is C20H23N3O4. The molecule has 142 valence electrons. The van der Waals surface area contributed by atoms with Gasteiger partial charge in [0.25, 0.3) is 5.91 Å². The fourth-order valence-electron chi connectivity index (χ4n) is 2.55. The Bertz CT molecular complexity index is 803. The van der Waals surface area contributed by atoms with Crippen LogP contribution in [0.3, 0.4) is 0 Å². The van der Waals surface area contributed by atoms with Crippen LogP contribution in [0, 0.1) is 0 Å². The highest BCUT2D eigenvalue weighted by Crippen LogP contribution is 2.19. The van der Waals surface area contributed by atoms with Crippen molar-refractivity contribution in [1.29, 1.82) is 0 Å². The molecule has 1 saturated carbocycles.